The van der Waals surface area contributed by atoms with Crippen LogP contribution in [0.5, 0.6) is 0 Å². The summed E-state index contributed by atoms with van der Waals surface area (Å²) >= 11 is 1.56. The molecule has 0 N–H and O–H groups in total. The molecule has 2 saturated heterocycles. The third-order valence-corrected chi connectivity index (χ3v) is 9.44. The molecule has 8 nitrogen and oxygen atoms in total. The summed E-state index contributed by atoms with van der Waals surface area (Å²) in [4.78, 5) is 27.4. The topological polar surface area (TPSA) is 86.7 Å². The van der Waals surface area contributed by atoms with E-state index >= 15 is 0 Å². The summed E-state index contributed by atoms with van der Waals surface area (Å²) in [6, 6.07) is 8.87. The van der Waals surface area contributed by atoms with Crippen molar-refractivity contribution in [2.24, 2.45) is 0 Å². The highest BCUT2D eigenvalue weighted by molar-refractivity contribution is 7.89. The minimum absolute atomic E-state index is 0.129. The zero-order chi connectivity index (χ0) is 23.0. The number of piperazine rings is 1. The van der Waals surface area contributed by atoms with Crippen molar-refractivity contribution in [1.29, 1.82) is 0 Å². The number of carbonyl (C=O) groups excluding carboxylic acids is 1. The van der Waals surface area contributed by atoms with Gasteiger partial charge in [-0.05, 0) is 49.6 Å². The van der Waals surface area contributed by atoms with Gasteiger partial charge in [0.25, 0.3) is 5.91 Å². The van der Waals surface area contributed by atoms with Gasteiger partial charge in [0.05, 0.1) is 4.90 Å². The van der Waals surface area contributed by atoms with E-state index in [1.165, 1.54) is 0 Å². The summed E-state index contributed by atoms with van der Waals surface area (Å²) in [7, 11) is -3.60. The van der Waals surface area contributed by atoms with Crippen LogP contribution >= 0.6 is 11.3 Å². The molecule has 0 radical (unpaired) electrons. The van der Waals surface area contributed by atoms with Crippen LogP contribution in [-0.4, -0.2) is 72.8 Å². The quantitative estimate of drug-likeness (QED) is 0.564. The molecule has 4 heterocycles. The Balaban J connectivity index is 1.30. The van der Waals surface area contributed by atoms with Crippen LogP contribution in [0.15, 0.2) is 41.4 Å². The van der Waals surface area contributed by atoms with Crippen molar-refractivity contribution in [2.45, 2.75) is 31.1 Å². The van der Waals surface area contributed by atoms with Crippen molar-refractivity contribution in [3.63, 3.8) is 0 Å². The first-order valence-electron chi connectivity index (χ1n) is 11.3. The number of hydrogen-bond donors (Lipinski definition) is 0. The molecular formula is C23H27N5O3S2. The Bertz CT molecular complexity index is 1240. The lowest BCUT2D eigenvalue weighted by Gasteiger charge is -2.34. The minimum atomic E-state index is -3.60. The van der Waals surface area contributed by atoms with Crippen molar-refractivity contribution in [1.82, 2.24) is 19.2 Å². The number of benzene rings is 1. The first-order valence-corrected chi connectivity index (χ1v) is 13.6. The number of aryl methyl sites for hydroxylation is 1. The first kappa shape index (κ1) is 22.2. The van der Waals surface area contributed by atoms with Crippen LogP contribution < -0.4 is 4.90 Å². The Labute approximate surface area is 197 Å². The van der Waals surface area contributed by atoms with E-state index in [1.54, 1.807) is 51.9 Å². The van der Waals surface area contributed by atoms with E-state index in [9.17, 15) is 13.2 Å². The van der Waals surface area contributed by atoms with Crippen LogP contribution in [0, 0.1) is 6.92 Å². The summed E-state index contributed by atoms with van der Waals surface area (Å²) in [6.45, 7) is 5.35. The molecule has 5 rings (SSSR count). The van der Waals surface area contributed by atoms with Crippen molar-refractivity contribution in [2.75, 3.05) is 44.2 Å². The average Bonchev–Trinajstić information content (AvgIpc) is 3.29. The fraction of sp³-hybridized carbons (Fsp3) is 0.435. The highest BCUT2D eigenvalue weighted by atomic mass is 32.2. The molecule has 1 amide bonds. The molecule has 33 heavy (non-hydrogen) atoms. The van der Waals surface area contributed by atoms with Crippen molar-refractivity contribution < 1.29 is 13.2 Å². The monoisotopic (exact) mass is 485 g/mol. The Morgan fingerprint density at radius 1 is 1.00 bits per heavy atom. The second-order valence-corrected chi connectivity index (χ2v) is 11.4. The van der Waals surface area contributed by atoms with Gasteiger partial charge in [-0.3, -0.25) is 4.79 Å². The second-order valence-electron chi connectivity index (χ2n) is 8.55. The lowest BCUT2D eigenvalue weighted by atomic mass is 10.1. The minimum Gasteiger partial charge on any atom is -0.344 e. The number of aromatic nitrogens is 2. The molecule has 0 aliphatic carbocycles. The van der Waals surface area contributed by atoms with Gasteiger partial charge in [-0.25, -0.2) is 18.4 Å². The Hall–Kier alpha value is -2.56. The van der Waals surface area contributed by atoms with Gasteiger partial charge in [-0.15, -0.1) is 0 Å². The molecule has 1 aromatic carbocycles. The Kier molecular flexibility index (Phi) is 6.07. The highest BCUT2D eigenvalue weighted by Crippen LogP contribution is 2.28. The summed E-state index contributed by atoms with van der Waals surface area (Å²) in [5.41, 5.74) is 1.98. The second kappa shape index (κ2) is 9.00. The van der Waals surface area contributed by atoms with E-state index in [1.807, 2.05) is 12.1 Å². The number of carbonyl (C=O) groups is 1. The fourth-order valence-electron chi connectivity index (χ4n) is 4.43. The number of thiazole rings is 1. The molecule has 0 saturated carbocycles. The number of piperidine rings is 1. The van der Waals surface area contributed by atoms with Crippen LogP contribution in [0.3, 0.4) is 0 Å². The maximum Gasteiger partial charge on any atom is 0.254 e. The van der Waals surface area contributed by atoms with Gasteiger partial charge in [0.15, 0.2) is 5.13 Å². The van der Waals surface area contributed by atoms with Crippen LogP contribution in [0.25, 0.3) is 10.3 Å². The zero-order valence-corrected chi connectivity index (χ0v) is 20.2. The van der Waals surface area contributed by atoms with Crippen molar-refractivity contribution >= 4 is 42.7 Å². The number of nitrogens with zero attached hydrogens (tertiary/aromatic N) is 5. The molecule has 0 spiro atoms. The van der Waals surface area contributed by atoms with E-state index in [0.29, 0.717) is 50.4 Å². The molecule has 2 aromatic heterocycles. The van der Waals surface area contributed by atoms with E-state index < -0.39 is 10.0 Å². The van der Waals surface area contributed by atoms with Crippen LogP contribution in [0.1, 0.15) is 35.2 Å². The van der Waals surface area contributed by atoms with Crippen LogP contribution in [0.4, 0.5) is 5.13 Å². The largest absolute Gasteiger partial charge is 0.344 e. The normalized spacial score (nSPS) is 18.1. The number of hydrogen-bond acceptors (Lipinski definition) is 7. The predicted octanol–water partition coefficient (Wildman–Crippen LogP) is 3.14. The summed E-state index contributed by atoms with van der Waals surface area (Å²) in [5, 5.41) is 0.918. The van der Waals surface area contributed by atoms with Gasteiger partial charge in [0.1, 0.15) is 10.3 Å². The number of pyridine rings is 1. The molecule has 0 unspecified atom stereocenters. The smallest absolute Gasteiger partial charge is 0.254 e. The molecule has 2 fully saturated rings. The van der Waals surface area contributed by atoms with Gasteiger partial charge in [-0.2, -0.15) is 4.31 Å². The standard InChI is InChI=1S/C23H27N5O3S2/c1-17-7-8-18(16-20(17)33(30,31)28-10-3-2-4-11-28)22(29)26-12-14-27(15-13-26)23-25-19-6-5-9-24-21(19)32-23/h5-9,16H,2-4,10-15H2,1H3. The number of sulfonamides is 1. The predicted molar refractivity (Wildman–Crippen MR) is 129 cm³/mol. The van der Waals surface area contributed by atoms with Gasteiger partial charge >= 0.3 is 0 Å². The number of fused-ring (bicyclic) bond motifs is 1. The third kappa shape index (κ3) is 4.34. The maximum absolute atomic E-state index is 13.2. The first-order chi connectivity index (χ1) is 15.9. The lowest BCUT2D eigenvalue weighted by molar-refractivity contribution is 0.0746. The SMILES string of the molecule is Cc1ccc(C(=O)N2CCN(c3nc4cccnc4s3)CC2)cc1S(=O)(=O)N1CCCCC1. The van der Waals surface area contributed by atoms with Gasteiger partial charge in [-0.1, -0.05) is 23.8 Å². The number of amides is 1. The number of anilines is 1. The Morgan fingerprint density at radius 3 is 2.48 bits per heavy atom. The van der Waals surface area contributed by atoms with Crippen molar-refractivity contribution in [3.05, 3.63) is 47.7 Å². The third-order valence-electron chi connectivity index (χ3n) is 6.36. The van der Waals surface area contributed by atoms with Crippen molar-refractivity contribution in [3.8, 4) is 0 Å². The summed E-state index contributed by atoms with van der Waals surface area (Å²) in [6.07, 6.45) is 4.59. The van der Waals surface area contributed by atoms with Crippen LogP contribution in [-0.2, 0) is 10.0 Å². The molecule has 0 bridgehead atoms. The maximum atomic E-state index is 13.2. The fourth-order valence-corrected chi connectivity index (χ4v) is 7.16. The van der Waals surface area contributed by atoms with Gasteiger partial charge < -0.3 is 9.80 Å². The molecule has 0 atom stereocenters. The molecule has 10 heteroatoms. The van der Waals surface area contributed by atoms with E-state index in [2.05, 4.69) is 14.9 Å². The van der Waals surface area contributed by atoms with Gasteiger partial charge in [0.2, 0.25) is 10.0 Å². The molecule has 3 aromatic rings. The summed E-state index contributed by atoms with van der Waals surface area (Å²) in [5.74, 6) is -0.129. The molecular weight excluding hydrogens is 458 g/mol. The molecule has 2 aliphatic heterocycles. The lowest BCUT2D eigenvalue weighted by Crippen LogP contribution is -2.48. The molecule has 174 valence electrons. The number of rotatable bonds is 4. The zero-order valence-electron chi connectivity index (χ0n) is 18.6. The summed E-state index contributed by atoms with van der Waals surface area (Å²) < 4.78 is 28.0. The molecule has 2 aliphatic rings. The Morgan fingerprint density at radius 2 is 1.76 bits per heavy atom. The van der Waals surface area contributed by atoms with E-state index in [4.69, 9.17) is 0 Å². The average molecular weight is 486 g/mol. The van der Waals surface area contributed by atoms with Crippen LogP contribution in [0.2, 0.25) is 0 Å². The van der Waals surface area contributed by atoms with Gasteiger partial charge in [0, 0.05) is 51.0 Å². The highest BCUT2D eigenvalue weighted by Gasteiger charge is 2.29. The van der Waals surface area contributed by atoms with E-state index in [0.717, 1.165) is 34.7 Å². The van der Waals surface area contributed by atoms with E-state index in [-0.39, 0.29) is 10.8 Å².